The van der Waals surface area contributed by atoms with Gasteiger partial charge in [0.15, 0.2) is 0 Å². The molecule has 6 heteroatoms. The molecule has 0 amide bonds. The van der Waals surface area contributed by atoms with Gasteiger partial charge in [-0.15, -0.1) is 0 Å². The van der Waals surface area contributed by atoms with Crippen molar-refractivity contribution < 1.29 is 8.42 Å². The summed E-state index contributed by atoms with van der Waals surface area (Å²) in [6.45, 7) is 6.77. The topological polar surface area (TPSA) is 72.2 Å². The highest BCUT2D eigenvalue weighted by atomic mass is 35.5. The van der Waals surface area contributed by atoms with Crippen LogP contribution in [0.4, 0.5) is 0 Å². The first-order chi connectivity index (χ1) is 8.77. The molecule has 3 N–H and O–H groups in total. The number of rotatable bonds is 6. The zero-order valence-electron chi connectivity index (χ0n) is 11.5. The Labute approximate surface area is 120 Å². The van der Waals surface area contributed by atoms with E-state index in [0.717, 1.165) is 0 Å². The van der Waals surface area contributed by atoms with Gasteiger partial charge in [-0.2, -0.15) is 0 Å². The molecule has 1 aromatic rings. The van der Waals surface area contributed by atoms with Crippen molar-refractivity contribution in [2.24, 2.45) is 17.6 Å². The third-order valence-electron chi connectivity index (χ3n) is 3.28. The van der Waals surface area contributed by atoms with Crippen molar-refractivity contribution in [3.63, 3.8) is 0 Å². The van der Waals surface area contributed by atoms with Gasteiger partial charge in [-0.25, -0.2) is 13.1 Å². The summed E-state index contributed by atoms with van der Waals surface area (Å²) in [5.41, 5.74) is 6.15. The van der Waals surface area contributed by atoms with Crippen molar-refractivity contribution in [3.8, 4) is 0 Å². The lowest BCUT2D eigenvalue weighted by atomic mass is 9.99. The summed E-state index contributed by atoms with van der Waals surface area (Å²) >= 11 is 5.92. The van der Waals surface area contributed by atoms with Gasteiger partial charge in [0, 0.05) is 18.1 Å². The molecule has 1 rings (SSSR count). The SMILES string of the molecule is CC(C)C(C)CNS(=O)(=O)c1ccc(Cl)c(CN)c1. The Balaban J connectivity index is 2.89. The Hall–Kier alpha value is -0.620. The van der Waals surface area contributed by atoms with Crippen molar-refractivity contribution in [3.05, 3.63) is 28.8 Å². The fraction of sp³-hybridized carbons (Fsp3) is 0.538. The van der Waals surface area contributed by atoms with E-state index in [1.54, 1.807) is 6.07 Å². The summed E-state index contributed by atoms with van der Waals surface area (Å²) in [4.78, 5) is 0.202. The van der Waals surface area contributed by atoms with E-state index >= 15 is 0 Å². The fourth-order valence-corrected chi connectivity index (χ4v) is 2.82. The predicted octanol–water partition coefficient (Wildman–Crippen LogP) is 2.37. The Morgan fingerprint density at radius 3 is 2.47 bits per heavy atom. The van der Waals surface area contributed by atoms with Crippen molar-refractivity contribution in [1.29, 1.82) is 0 Å². The standard InChI is InChI=1S/C13H21ClN2O2S/c1-9(2)10(3)8-16-19(17,18)12-4-5-13(14)11(6-12)7-15/h4-6,9-10,16H,7-8,15H2,1-3H3. The lowest BCUT2D eigenvalue weighted by molar-refractivity contribution is 0.414. The van der Waals surface area contributed by atoms with E-state index in [4.69, 9.17) is 17.3 Å². The van der Waals surface area contributed by atoms with E-state index in [2.05, 4.69) is 18.6 Å². The second-order valence-electron chi connectivity index (χ2n) is 5.03. The van der Waals surface area contributed by atoms with Crippen molar-refractivity contribution >= 4 is 21.6 Å². The van der Waals surface area contributed by atoms with Crippen LogP contribution in [0.5, 0.6) is 0 Å². The molecule has 19 heavy (non-hydrogen) atoms. The largest absolute Gasteiger partial charge is 0.326 e. The summed E-state index contributed by atoms with van der Waals surface area (Å²) in [5, 5.41) is 0.483. The molecular weight excluding hydrogens is 284 g/mol. The Morgan fingerprint density at radius 2 is 1.95 bits per heavy atom. The maximum atomic E-state index is 12.1. The minimum absolute atomic E-state index is 0.202. The molecule has 4 nitrogen and oxygen atoms in total. The number of hydrogen-bond donors (Lipinski definition) is 2. The summed E-state index contributed by atoms with van der Waals surface area (Å²) < 4.78 is 26.9. The number of halogens is 1. The van der Waals surface area contributed by atoms with E-state index in [1.807, 2.05) is 6.92 Å². The quantitative estimate of drug-likeness (QED) is 0.847. The maximum absolute atomic E-state index is 12.1. The van der Waals surface area contributed by atoms with E-state index in [9.17, 15) is 8.42 Å². The minimum Gasteiger partial charge on any atom is -0.326 e. The lowest BCUT2D eigenvalue weighted by Crippen LogP contribution is -2.30. The minimum atomic E-state index is -3.50. The van der Waals surface area contributed by atoms with Gasteiger partial charge in [-0.1, -0.05) is 32.4 Å². The van der Waals surface area contributed by atoms with Crippen LogP contribution in [0.2, 0.25) is 5.02 Å². The fourth-order valence-electron chi connectivity index (χ4n) is 1.43. The summed E-state index contributed by atoms with van der Waals surface area (Å²) in [6, 6.07) is 4.57. The molecule has 0 heterocycles. The molecule has 1 aromatic carbocycles. The molecule has 0 aromatic heterocycles. The molecular formula is C13H21ClN2O2S. The third kappa shape index (κ3) is 4.45. The van der Waals surface area contributed by atoms with Gasteiger partial charge in [0.1, 0.15) is 0 Å². The van der Waals surface area contributed by atoms with Crippen molar-refractivity contribution in [2.45, 2.75) is 32.2 Å². The molecule has 1 unspecified atom stereocenters. The average Bonchev–Trinajstić information content (AvgIpc) is 2.36. The van der Waals surface area contributed by atoms with Crippen LogP contribution >= 0.6 is 11.6 Å². The molecule has 0 aliphatic carbocycles. The van der Waals surface area contributed by atoms with Gasteiger partial charge in [0.25, 0.3) is 0 Å². The van der Waals surface area contributed by atoms with Crippen LogP contribution in [0.1, 0.15) is 26.3 Å². The first kappa shape index (κ1) is 16.4. The Morgan fingerprint density at radius 1 is 1.32 bits per heavy atom. The van der Waals surface area contributed by atoms with Gasteiger partial charge in [-0.05, 0) is 35.6 Å². The van der Waals surface area contributed by atoms with Gasteiger partial charge in [0.2, 0.25) is 10.0 Å². The van der Waals surface area contributed by atoms with Crippen molar-refractivity contribution in [2.75, 3.05) is 6.54 Å². The highest BCUT2D eigenvalue weighted by molar-refractivity contribution is 7.89. The summed E-state index contributed by atoms with van der Waals surface area (Å²) in [5.74, 6) is 0.698. The number of nitrogens with one attached hydrogen (secondary N) is 1. The molecule has 0 bridgehead atoms. The second-order valence-corrected chi connectivity index (χ2v) is 7.20. The molecule has 0 saturated heterocycles. The van der Waals surface area contributed by atoms with Crippen LogP contribution in [0.15, 0.2) is 23.1 Å². The van der Waals surface area contributed by atoms with E-state index < -0.39 is 10.0 Å². The van der Waals surface area contributed by atoms with Crippen LogP contribution in [0, 0.1) is 11.8 Å². The van der Waals surface area contributed by atoms with Gasteiger partial charge in [0.05, 0.1) is 4.90 Å². The van der Waals surface area contributed by atoms with Crippen LogP contribution in [0.3, 0.4) is 0 Å². The summed E-state index contributed by atoms with van der Waals surface area (Å²) in [7, 11) is -3.50. The smallest absolute Gasteiger partial charge is 0.240 e. The molecule has 0 spiro atoms. The van der Waals surface area contributed by atoms with Crippen LogP contribution in [0.25, 0.3) is 0 Å². The highest BCUT2D eigenvalue weighted by Crippen LogP contribution is 2.20. The molecule has 0 aliphatic heterocycles. The Bertz CT molecular complexity index is 529. The lowest BCUT2D eigenvalue weighted by Gasteiger charge is -2.16. The van der Waals surface area contributed by atoms with Gasteiger partial charge in [-0.3, -0.25) is 0 Å². The average molecular weight is 305 g/mol. The Kier molecular flexibility index (Phi) is 5.80. The van der Waals surface area contributed by atoms with E-state index in [1.165, 1.54) is 12.1 Å². The number of sulfonamides is 1. The van der Waals surface area contributed by atoms with Gasteiger partial charge < -0.3 is 5.73 Å². The number of hydrogen-bond acceptors (Lipinski definition) is 3. The van der Waals surface area contributed by atoms with Gasteiger partial charge >= 0.3 is 0 Å². The first-order valence-electron chi connectivity index (χ1n) is 6.26. The first-order valence-corrected chi connectivity index (χ1v) is 8.12. The monoisotopic (exact) mass is 304 g/mol. The third-order valence-corrected chi connectivity index (χ3v) is 5.07. The molecule has 1 atom stereocenters. The van der Waals surface area contributed by atoms with E-state index in [-0.39, 0.29) is 17.4 Å². The van der Waals surface area contributed by atoms with Crippen LogP contribution in [-0.2, 0) is 16.6 Å². The normalized spacial score (nSPS) is 13.8. The maximum Gasteiger partial charge on any atom is 0.240 e. The number of nitrogens with two attached hydrogens (primary N) is 1. The van der Waals surface area contributed by atoms with Crippen molar-refractivity contribution in [1.82, 2.24) is 4.72 Å². The molecule has 0 aliphatic rings. The highest BCUT2D eigenvalue weighted by Gasteiger charge is 2.17. The molecule has 108 valence electrons. The van der Waals surface area contributed by atoms with E-state index in [0.29, 0.717) is 23.0 Å². The predicted molar refractivity (Wildman–Crippen MR) is 78.5 cm³/mol. The van der Waals surface area contributed by atoms with Crippen LogP contribution in [-0.4, -0.2) is 15.0 Å². The molecule has 0 radical (unpaired) electrons. The second kappa shape index (κ2) is 6.70. The van der Waals surface area contributed by atoms with Crippen LogP contribution < -0.4 is 10.5 Å². The zero-order chi connectivity index (χ0) is 14.6. The molecule has 0 saturated carbocycles. The molecule has 0 fully saturated rings. The summed E-state index contributed by atoms with van der Waals surface area (Å²) in [6.07, 6.45) is 0. The zero-order valence-corrected chi connectivity index (χ0v) is 13.1. The number of benzene rings is 1.